The van der Waals surface area contributed by atoms with E-state index < -0.39 is 0 Å². The van der Waals surface area contributed by atoms with Gasteiger partial charge in [0.25, 0.3) is 5.91 Å². The third kappa shape index (κ3) is 2.83. The Bertz CT molecular complexity index is 833. The molecule has 3 aromatic rings. The standard InChI is InChI=1S/C16H10N4O2/c17-10-11-4-6-12(7-5-11)16(21)19-15-9-14(20-22-15)13-3-1-2-8-18-13/h1-9H,(H,19,21). The Balaban J connectivity index is 1.74. The molecule has 0 spiro atoms. The van der Waals surface area contributed by atoms with E-state index in [1.54, 1.807) is 48.7 Å². The van der Waals surface area contributed by atoms with Gasteiger partial charge in [-0.25, -0.2) is 0 Å². The van der Waals surface area contributed by atoms with E-state index in [0.717, 1.165) is 0 Å². The van der Waals surface area contributed by atoms with Crippen LogP contribution in [0.3, 0.4) is 0 Å². The van der Waals surface area contributed by atoms with Gasteiger partial charge in [-0.1, -0.05) is 11.2 Å². The van der Waals surface area contributed by atoms with Gasteiger partial charge < -0.3 is 4.52 Å². The number of carbonyl (C=O) groups excluding carboxylic acids is 1. The van der Waals surface area contributed by atoms with Crippen molar-refractivity contribution in [2.75, 3.05) is 5.32 Å². The second kappa shape index (κ2) is 5.89. The monoisotopic (exact) mass is 290 g/mol. The third-order valence-corrected chi connectivity index (χ3v) is 2.95. The summed E-state index contributed by atoms with van der Waals surface area (Å²) in [7, 11) is 0. The number of rotatable bonds is 3. The van der Waals surface area contributed by atoms with Gasteiger partial charge in [-0.3, -0.25) is 15.1 Å². The molecule has 1 aromatic carbocycles. The number of anilines is 1. The van der Waals surface area contributed by atoms with Crippen molar-refractivity contribution in [3.05, 3.63) is 65.9 Å². The molecule has 0 aliphatic carbocycles. The first-order valence-electron chi connectivity index (χ1n) is 6.46. The maximum atomic E-state index is 12.1. The van der Waals surface area contributed by atoms with Crippen molar-refractivity contribution in [1.29, 1.82) is 5.26 Å². The number of nitrogens with one attached hydrogen (secondary N) is 1. The summed E-state index contributed by atoms with van der Waals surface area (Å²) in [6.45, 7) is 0. The summed E-state index contributed by atoms with van der Waals surface area (Å²) in [6.07, 6.45) is 1.65. The number of carbonyl (C=O) groups is 1. The molecule has 2 heterocycles. The number of nitriles is 1. The molecule has 0 saturated carbocycles. The molecule has 0 fully saturated rings. The van der Waals surface area contributed by atoms with Crippen molar-refractivity contribution in [2.45, 2.75) is 0 Å². The predicted octanol–water partition coefficient (Wildman–Crippen LogP) is 2.86. The second-order valence-corrected chi connectivity index (χ2v) is 4.43. The first-order chi connectivity index (χ1) is 10.8. The summed E-state index contributed by atoms with van der Waals surface area (Å²) in [5, 5.41) is 15.2. The SMILES string of the molecule is N#Cc1ccc(C(=O)Nc2cc(-c3ccccn3)no2)cc1. The van der Waals surface area contributed by atoms with Crippen molar-refractivity contribution >= 4 is 11.8 Å². The van der Waals surface area contributed by atoms with E-state index in [4.69, 9.17) is 9.78 Å². The van der Waals surface area contributed by atoms with Gasteiger partial charge in [0.1, 0.15) is 5.69 Å². The third-order valence-electron chi connectivity index (χ3n) is 2.95. The number of hydrogen-bond donors (Lipinski definition) is 1. The minimum Gasteiger partial charge on any atom is -0.338 e. The molecule has 0 radical (unpaired) electrons. The first-order valence-corrected chi connectivity index (χ1v) is 6.46. The fraction of sp³-hybridized carbons (Fsp3) is 0. The van der Waals surface area contributed by atoms with Crippen LogP contribution in [0, 0.1) is 11.3 Å². The minimum atomic E-state index is -0.340. The molecule has 0 aliphatic heterocycles. The second-order valence-electron chi connectivity index (χ2n) is 4.43. The van der Waals surface area contributed by atoms with Crippen LogP contribution in [0.4, 0.5) is 5.88 Å². The number of hydrogen-bond acceptors (Lipinski definition) is 5. The largest absolute Gasteiger partial charge is 0.338 e. The molecular formula is C16H10N4O2. The van der Waals surface area contributed by atoms with E-state index in [1.807, 2.05) is 12.1 Å². The quantitative estimate of drug-likeness (QED) is 0.800. The Labute approximate surface area is 126 Å². The van der Waals surface area contributed by atoms with Gasteiger partial charge in [0.05, 0.1) is 17.3 Å². The Hall–Kier alpha value is -3.46. The van der Waals surface area contributed by atoms with Gasteiger partial charge in [0.2, 0.25) is 5.88 Å². The van der Waals surface area contributed by atoms with Gasteiger partial charge in [0, 0.05) is 17.8 Å². The van der Waals surface area contributed by atoms with Crippen LogP contribution in [0.1, 0.15) is 15.9 Å². The van der Waals surface area contributed by atoms with Gasteiger partial charge >= 0.3 is 0 Å². The predicted molar refractivity (Wildman–Crippen MR) is 78.8 cm³/mol. The minimum absolute atomic E-state index is 0.231. The number of amides is 1. The summed E-state index contributed by atoms with van der Waals surface area (Å²) >= 11 is 0. The molecule has 22 heavy (non-hydrogen) atoms. The summed E-state index contributed by atoms with van der Waals surface area (Å²) in [6, 6.07) is 15.3. The summed E-state index contributed by atoms with van der Waals surface area (Å²) in [5.41, 5.74) is 2.12. The highest BCUT2D eigenvalue weighted by Crippen LogP contribution is 2.19. The van der Waals surface area contributed by atoms with E-state index in [1.165, 1.54) is 0 Å². The van der Waals surface area contributed by atoms with E-state index in [2.05, 4.69) is 15.5 Å². The lowest BCUT2D eigenvalue weighted by molar-refractivity contribution is 0.102. The van der Waals surface area contributed by atoms with E-state index in [0.29, 0.717) is 22.5 Å². The van der Waals surface area contributed by atoms with Crippen LogP contribution in [0.25, 0.3) is 11.4 Å². The van der Waals surface area contributed by atoms with Crippen LogP contribution in [-0.4, -0.2) is 16.0 Å². The van der Waals surface area contributed by atoms with Crippen LogP contribution in [0.15, 0.2) is 59.3 Å². The fourth-order valence-corrected chi connectivity index (χ4v) is 1.85. The molecule has 1 N–H and O–H groups in total. The molecule has 106 valence electrons. The van der Waals surface area contributed by atoms with Crippen molar-refractivity contribution in [3.8, 4) is 17.5 Å². The molecule has 3 rings (SSSR count). The molecule has 0 unspecified atom stereocenters. The lowest BCUT2D eigenvalue weighted by Crippen LogP contribution is -2.11. The molecule has 0 saturated heterocycles. The molecule has 0 aliphatic rings. The number of benzene rings is 1. The van der Waals surface area contributed by atoms with Gasteiger partial charge in [0.15, 0.2) is 0 Å². The summed E-state index contributed by atoms with van der Waals surface area (Å²) in [4.78, 5) is 16.2. The van der Waals surface area contributed by atoms with Crippen molar-refractivity contribution in [1.82, 2.24) is 10.1 Å². The van der Waals surface area contributed by atoms with E-state index in [-0.39, 0.29) is 11.8 Å². The average molecular weight is 290 g/mol. The lowest BCUT2D eigenvalue weighted by Gasteiger charge is -2.00. The van der Waals surface area contributed by atoms with E-state index >= 15 is 0 Å². The topological polar surface area (TPSA) is 91.8 Å². The number of pyridine rings is 1. The Morgan fingerprint density at radius 2 is 1.95 bits per heavy atom. The molecular weight excluding hydrogens is 280 g/mol. The first kappa shape index (κ1) is 13.5. The molecule has 0 bridgehead atoms. The molecule has 2 aromatic heterocycles. The lowest BCUT2D eigenvalue weighted by atomic mass is 10.1. The molecule has 0 atom stereocenters. The zero-order valence-electron chi connectivity index (χ0n) is 11.4. The van der Waals surface area contributed by atoms with Gasteiger partial charge in [-0.15, -0.1) is 0 Å². The fourth-order valence-electron chi connectivity index (χ4n) is 1.85. The Morgan fingerprint density at radius 3 is 2.64 bits per heavy atom. The van der Waals surface area contributed by atoms with Crippen LogP contribution in [0.5, 0.6) is 0 Å². The maximum Gasteiger partial charge on any atom is 0.258 e. The maximum absolute atomic E-state index is 12.1. The normalized spacial score (nSPS) is 9.95. The van der Waals surface area contributed by atoms with Crippen LogP contribution < -0.4 is 5.32 Å². The average Bonchev–Trinajstić information content (AvgIpc) is 3.04. The van der Waals surface area contributed by atoms with Crippen LogP contribution in [-0.2, 0) is 0 Å². The highest BCUT2D eigenvalue weighted by Gasteiger charge is 2.11. The smallest absolute Gasteiger partial charge is 0.258 e. The highest BCUT2D eigenvalue weighted by atomic mass is 16.5. The van der Waals surface area contributed by atoms with Gasteiger partial charge in [-0.05, 0) is 36.4 Å². The van der Waals surface area contributed by atoms with Gasteiger partial charge in [-0.2, -0.15) is 5.26 Å². The molecule has 6 nitrogen and oxygen atoms in total. The van der Waals surface area contributed by atoms with Crippen molar-refractivity contribution in [2.24, 2.45) is 0 Å². The Morgan fingerprint density at radius 1 is 1.14 bits per heavy atom. The summed E-state index contributed by atoms with van der Waals surface area (Å²) in [5.74, 6) is -0.108. The Kier molecular flexibility index (Phi) is 3.62. The zero-order chi connectivity index (χ0) is 15.4. The molecule has 1 amide bonds. The van der Waals surface area contributed by atoms with Crippen LogP contribution in [0.2, 0.25) is 0 Å². The zero-order valence-corrected chi connectivity index (χ0v) is 11.4. The van der Waals surface area contributed by atoms with Crippen molar-refractivity contribution in [3.63, 3.8) is 0 Å². The summed E-state index contributed by atoms with van der Waals surface area (Å²) < 4.78 is 5.08. The number of aromatic nitrogens is 2. The van der Waals surface area contributed by atoms with Crippen LogP contribution >= 0.6 is 0 Å². The number of nitrogens with zero attached hydrogens (tertiary/aromatic N) is 3. The van der Waals surface area contributed by atoms with Crippen molar-refractivity contribution < 1.29 is 9.32 Å². The van der Waals surface area contributed by atoms with E-state index in [9.17, 15) is 4.79 Å². The highest BCUT2D eigenvalue weighted by molar-refractivity contribution is 6.03. The molecule has 6 heteroatoms.